The van der Waals surface area contributed by atoms with Gasteiger partial charge in [0, 0.05) is 43.2 Å². The summed E-state index contributed by atoms with van der Waals surface area (Å²) in [4.78, 5) is 29.3. The molecular formula is C21H24ClN3O3. The predicted octanol–water partition coefficient (Wildman–Crippen LogP) is 2.71. The van der Waals surface area contributed by atoms with Crippen molar-refractivity contribution in [1.82, 2.24) is 14.4 Å². The molecule has 6 nitrogen and oxygen atoms in total. The fraction of sp³-hybridized carbons (Fsp3) is 0.429. The van der Waals surface area contributed by atoms with E-state index in [1.807, 2.05) is 47.5 Å². The molecule has 0 spiro atoms. The Morgan fingerprint density at radius 3 is 2.61 bits per heavy atom. The number of methoxy groups -OCH3 is 1. The SMILES string of the molecule is COCC(=O)N(CC(=O)N1CCn2cccc2[C@@H]1c1ccc(Cl)cc1)C1CC1. The molecule has 148 valence electrons. The molecule has 0 saturated heterocycles. The third kappa shape index (κ3) is 3.80. The summed E-state index contributed by atoms with van der Waals surface area (Å²) in [5.41, 5.74) is 2.08. The van der Waals surface area contributed by atoms with E-state index in [0.29, 0.717) is 11.6 Å². The zero-order chi connectivity index (χ0) is 19.7. The van der Waals surface area contributed by atoms with Crippen molar-refractivity contribution in [3.63, 3.8) is 0 Å². The first-order valence-corrected chi connectivity index (χ1v) is 9.94. The highest BCUT2D eigenvalue weighted by Crippen LogP contribution is 2.34. The van der Waals surface area contributed by atoms with Crippen LogP contribution in [0.15, 0.2) is 42.6 Å². The second-order valence-electron chi connectivity index (χ2n) is 7.35. The minimum absolute atomic E-state index is 0.00719. The Morgan fingerprint density at radius 2 is 1.93 bits per heavy atom. The van der Waals surface area contributed by atoms with Crippen molar-refractivity contribution < 1.29 is 14.3 Å². The summed E-state index contributed by atoms with van der Waals surface area (Å²) in [6.45, 7) is 1.45. The molecular weight excluding hydrogens is 378 g/mol. The van der Waals surface area contributed by atoms with Crippen LogP contribution in [0.5, 0.6) is 0 Å². The van der Waals surface area contributed by atoms with Crippen LogP contribution in [0.25, 0.3) is 0 Å². The van der Waals surface area contributed by atoms with Gasteiger partial charge in [0.1, 0.15) is 13.2 Å². The van der Waals surface area contributed by atoms with Crippen LogP contribution in [-0.4, -0.2) is 59.0 Å². The molecule has 0 bridgehead atoms. The Balaban J connectivity index is 1.60. The fourth-order valence-corrected chi connectivity index (χ4v) is 4.02. The maximum Gasteiger partial charge on any atom is 0.249 e. The summed E-state index contributed by atoms with van der Waals surface area (Å²) in [6.07, 6.45) is 3.94. The van der Waals surface area contributed by atoms with Gasteiger partial charge in [0.05, 0.1) is 6.04 Å². The largest absolute Gasteiger partial charge is 0.375 e. The Kier molecular flexibility index (Phi) is 5.42. The van der Waals surface area contributed by atoms with Crippen LogP contribution in [-0.2, 0) is 20.9 Å². The second-order valence-corrected chi connectivity index (χ2v) is 7.79. The summed E-state index contributed by atoms with van der Waals surface area (Å²) in [5, 5.41) is 0.665. The number of carbonyl (C=O) groups is 2. The monoisotopic (exact) mass is 401 g/mol. The Bertz CT molecular complexity index is 860. The highest BCUT2D eigenvalue weighted by atomic mass is 35.5. The molecule has 1 atom stereocenters. The van der Waals surface area contributed by atoms with Crippen LogP contribution in [0.1, 0.15) is 30.1 Å². The highest BCUT2D eigenvalue weighted by Gasteiger charge is 2.37. The van der Waals surface area contributed by atoms with Crippen molar-refractivity contribution in [2.75, 3.05) is 26.8 Å². The molecule has 1 aliphatic carbocycles. The quantitative estimate of drug-likeness (QED) is 0.747. The number of nitrogens with zero attached hydrogens (tertiary/aromatic N) is 3. The van der Waals surface area contributed by atoms with Gasteiger partial charge in [-0.2, -0.15) is 0 Å². The lowest BCUT2D eigenvalue weighted by atomic mass is 10.00. The lowest BCUT2D eigenvalue weighted by molar-refractivity contribution is -0.144. The van der Waals surface area contributed by atoms with Gasteiger partial charge in [0.15, 0.2) is 0 Å². The number of hydrogen-bond donors (Lipinski definition) is 0. The maximum atomic E-state index is 13.3. The summed E-state index contributed by atoms with van der Waals surface area (Å²) in [6, 6.07) is 11.6. The first kappa shape index (κ1) is 19.0. The van der Waals surface area contributed by atoms with E-state index < -0.39 is 0 Å². The molecule has 2 amide bonds. The van der Waals surface area contributed by atoms with Gasteiger partial charge in [-0.05, 0) is 42.7 Å². The number of ether oxygens (including phenoxy) is 1. The van der Waals surface area contributed by atoms with E-state index in [0.717, 1.165) is 30.6 Å². The average Bonchev–Trinajstić information content (AvgIpc) is 3.42. The van der Waals surface area contributed by atoms with Gasteiger partial charge >= 0.3 is 0 Å². The van der Waals surface area contributed by atoms with Gasteiger partial charge in [-0.3, -0.25) is 9.59 Å². The van der Waals surface area contributed by atoms with Crippen molar-refractivity contribution in [2.45, 2.75) is 31.5 Å². The van der Waals surface area contributed by atoms with Crippen molar-refractivity contribution in [3.05, 3.63) is 58.9 Å². The third-order valence-corrected chi connectivity index (χ3v) is 5.68. The first-order chi connectivity index (χ1) is 13.6. The Labute approximate surface area is 169 Å². The number of halogens is 1. The van der Waals surface area contributed by atoms with Gasteiger partial charge in [-0.25, -0.2) is 0 Å². The van der Waals surface area contributed by atoms with E-state index in [1.165, 1.54) is 7.11 Å². The van der Waals surface area contributed by atoms with Crippen molar-refractivity contribution in [2.24, 2.45) is 0 Å². The van der Waals surface area contributed by atoms with Crippen LogP contribution < -0.4 is 0 Å². The molecule has 1 aromatic heterocycles. The molecule has 0 N–H and O–H groups in total. The number of rotatable bonds is 6. The molecule has 0 radical (unpaired) electrons. The standard InChI is InChI=1S/C21H24ClN3O3/c1-28-14-20(27)25(17-8-9-17)13-19(26)24-12-11-23-10-2-3-18(23)21(24)15-4-6-16(22)7-5-15/h2-7,10,17,21H,8-9,11-14H2,1H3/t21-/m0/s1. The fourth-order valence-electron chi connectivity index (χ4n) is 3.90. The lowest BCUT2D eigenvalue weighted by Gasteiger charge is -2.38. The summed E-state index contributed by atoms with van der Waals surface area (Å²) >= 11 is 6.06. The molecule has 2 heterocycles. The van der Waals surface area contributed by atoms with Crippen LogP contribution in [0, 0.1) is 0 Å². The zero-order valence-corrected chi connectivity index (χ0v) is 16.6. The molecule has 2 aliphatic rings. The molecule has 4 rings (SSSR count). The number of amides is 2. The van der Waals surface area contributed by atoms with E-state index in [9.17, 15) is 9.59 Å². The first-order valence-electron chi connectivity index (χ1n) is 9.57. The van der Waals surface area contributed by atoms with E-state index >= 15 is 0 Å². The van der Waals surface area contributed by atoms with Gasteiger partial charge < -0.3 is 19.1 Å². The van der Waals surface area contributed by atoms with E-state index in [4.69, 9.17) is 16.3 Å². The van der Waals surface area contributed by atoms with Gasteiger partial charge in [0.2, 0.25) is 11.8 Å². The second kappa shape index (κ2) is 7.97. The van der Waals surface area contributed by atoms with Crippen molar-refractivity contribution in [1.29, 1.82) is 0 Å². The molecule has 0 unspecified atom stereocenters. The highest BCUT2D eigenvalue weighted by molar-refractivity contribution is 6.30. The molecule has 28 heavy (non-hydrogen) atoms. The smallest absolute Gasteiger partial charge is 0.249 e. The molecule has 7 heteroatoms. The molecule has 1 aromatic carbocycles. The Morgan fingerprint density at radius 1 is 1.18 bits per heavy atom. The minimum atomic E-state index is -0.188. The molecule has 1 fully saturated rings. The number of carbonyl (C=O) groups excluding carboxylic acids is 2. The van der Waals surface area contributed by atoms with E-state index in [2.05, 4.69) is 4.57 Å². The summed E-state index contributed by atoms with van der Waals surface area (Å²) in [7, 11) is 1.50. The van der Waals surface area contributed by atoms with Crippen molar-refractivity contribution in [3.8, 4) is 0 Å². The third-order valence-electron chi connectivity index (χ3n) is 5.43. The topological polar surface area (TPSA) is 54.8 Å². The zero-order valence-electron chi connectivity index (χ0n) is 15.9. The van der Waals surface area contributed by atoms with Crippen LogP contribution in [0.3, 0.4) is 0 Å². The van der Waals surface area contributed by atoms with Gasteiger partial charge in [-0.1, -0.05) is 23.7 Å². The summed E-state index contributed by atoms with van der Waals surface area (Å²) in [5.74, 6) is -0.162. The molecule has 2 aromatic rings. The minimum Gasteiger partial charge on any atom is -0.375 e. The Hall–Kier alpha value is -2.31. The molecule has 1 aliphatic heterocycles. The normalized spacial score (nSPS) is 18.6. The number of fused-ring (bicyclic) bond motifs is 1. The van der Waals surface area contributed by atoms with E-state index in [1.54, 1.807) is 4.90 Å². The van der Waals surface area contributed by atoms with E-state index in [-0.39, 0.29) is 37.0 Å². The number of hydrogen-bond acceptors (Lipinski definition) is 3. The maximum absolute atomic E-state index is 13.3. The van der Waals surface area contributed by atoms with Crippen molar-refractivity contribution >= 4 is 23.4 Å². The average molecular weight is 402 g/mol. The van der Waals surface area contributed by atoms with Crippen LogP contribution in [0.2, 0.25) is 5.02 Å². The van der Waals surface area contributed by atoms with Crippen LogP contribution in [0.4, 0.5) is 0 Å². The lowest BCUT2D eigenvalue weighted by Crippen LogP contribution is -2.49. The molecule has 1 saturated carbocycles. The van der Waals surface area contributed by atoms with Gasteiger partial charge in [0.25, 0.3) is 0 Å². The van der Waals surface area contributed by atoms with Gasteiger partial charge in [-0.15, -0.1) is 0 Å². The van der Waals surface area contributed by atoms with Crippen LogP contribution >= 0.6 is 11.6 Å². The number of aromatic nitrogens is 1. The predicted molar refractivity (Wildman–Crippen MR) is 106 cm³/mol. The summed E-state index contributed by atoms with van der Waals surface area (Å²) < 4.78 is 7.17. The number of benzene rings is 1.